The number of carboxylic acid groups (broad SMARTS) is 1. The molecule has 3 heteroatoms. The molecule has 2 aromatic rings. The lowest BCUT2D eigenvalue weighted by molar-refractivity contribution is 0.0697. The zero-order valence-corrected chi connectivity index (χ0v) is 11.7. The number of hydrogen-bond acceptors (Lipinski definition) is 2. The van der Waals surface area contributed by atoms with Crippen LogP contribution in [0.2, 0.25) is 0 Å². The molecule has 2 rings (SSSR count). The van der Waals surface area contributed by atoms with E-state index >= 15 is 0 Å². The highest BCUT2D eigenvalue weighted by atomic mass is 16.5. The number of ether oxygens (including phenoxy) is 1. The van der Waals surface area contributed by atoms with Gasteiger partial charge in [0.15, 0.2) is 0 Å². The first-order chi connectivity index (χ1) is 10.1. The summed E-state index contributed by atoms with van der Waals surface area (Å²) in [7, 11) is 0. The summed E-state index contributed by atoms with van der Waals surface area (Å²) in [5.41, 5.74) is 2.85. The average molecular weight is 280 g/mol. The molecule has 0 amide bonds. The molecule has 21 heavy (non-hydrogen) atoms. The van der Waals surface area contributed by atoms with E-state index in [1.807, 2.05) is 37.3 Å². The van der Waals surface area contributed by atoms with Gasteiger partial charge in [0.05, 0.1) is 12.2 Å². The minimum atomic E-state index is -0.930. The van der Waals surface area contributed by atoms with Crippen LogP contribution in [0.1, 0.15) is 22.8 Å². The molecule has 0 aromatic heterocycles. The van der Waals surface area contributed by atoms with Crippen LogP contribution in [0.3, 0.4) is 0 Å². The molecule has 0 aliphatic rings. The van der Waals surface area contributed by atoms with Gasteiger partial charge in [-0.25, -0.2) is 4.79 Å². The lowest BCUT2D eigenvalue weighted by Crippen LogP contribution is -2.04. The van der Waals surface area contributed by atoms with Gasteiger partial charge >= 0.3 is 5.97 Å². The Kier molecular flexibility index (Phi) is 4.76. The van der Waals surface area contributed by atoms with Gasteiger partial charge in [-0.15, -0.1) is 6.42 Å². The van der Waals surface area contributed by atoms with E-state index in [-0.39, 0.29) is 6.10 Å². The summed E-state index contributed by atoms with van der Waals surface area (Å²) < 4.78 is 5.45. The van der Waals surface area contributed by atoms with Gasteiger partial charge in [-0.05, 0) is 29.7 Å². The van der Waals surface area contributed by atoms with E-state index in [9.17, 15) is 9.90 Å². The van der Waals surface area contributed by atoms with Gasteiger partial charge < -0.3 is 9.84 Å². The zero-order chi connectivity index (χ0) is 15.2. The fraction of sp³-hybridized carbons (Fsp3) is 0.167. The van der Waals surface area contributed by atoms with Crippen molar-refractivity contribution < 1.29 is 14.6 Å². The molecule has 0 aliphatic carbocycles. The van der Waals surface area contributed by atoms with Crippen molar-refractivity contribution in [2.45, 2.75) is 19.6 Å². The van der Waals surface area contributed by atoms with Crippen molar-refractivity contribution in [3.63, 3.8) is 0 Å². The van der Waals surface area contributed by atoms with Crippen molar-refractivity contribution in [3.8, 4) is 23.5 Å². The van der Waals surface area contributed by atoms with Gasteiger partial charge in [0.1, 0.15) is 6.10 Å². The van der Waals surface area contributed by atoms with Crippen molar-refractivity contribution in [2.24, 2.45) is 0 Å². The number of benzene rings is 2. The number of carboxylic acids is 1. The third kappa shape index (κ3) is 3.71. The molecule has 0 saturated heterocycles. The summed E-state index contributed by atoms with van der Waals surface area (Å²) in [6, 6.07) is 14.6. The minimum Gasteiger partial charge on any atom is -0.478 e. The Morgan fingerprint density at radius 2 is 1.90 bits per heavy atom. The van der Waals surface area contributed by atoms with Crippen LogP contribution in [0, 0.1) is 12.3 Å². The van der Waals surface area contributed by atoms with E-state index in [0.29, 0.717) is 17.7 Å². The predicted molar refractivity (Wildman–Crippen MR) is 81.9 cm³/mol. The number of rotatable bonds is 5. The van der Waals surface area contributed by atoms with Crippen molar-refractivity contribution in [1.29, 1.82) is 0 Å². The summed E-state index contributed by atoms with van der Waals surface area (Å²) in [5.74, 6) is 1.58. The van der Waals surface area contributed by atoms with Crippen LogP contribution in [0.15, 0.2) is 48.5 Å². The number of terminal acetylenes is 1. The average Bonchev–Trinajstić information content (AvgIpc) is 2.53. The van der Waals surface area contributed by atoms with Crippen molar-refractivity contribution in [1.82, 2.24) is 0 Å². The van der Waals surface area contributed by atoms with E-state index in [0.717, 1.165) is 11.1 Å². The molecule has 0 spiro atoms. The first kappa shape index (κ1) is 14.8. The largest absolute Gasteiger partial charge is 0.478 e. The first-order valence-corrected chi connectivity index (χ1v) is 6.61. The molecule has 0 saturated carbocycles. The molecule has 1 unspecified atom stereocenters. The third-order valence-electron chi connectivity index (χ3n) is 3.16. The second-order valence-corrected chi connectivity index (χ2v) is 4.67. The minimum absolute atomic E-state index is 0.225. The Labute approximate surface area is 124 Å². The topological polar surface area (TPSA) is 46.5 Å². The fourth-order valence-corrected chi connectivity index (χ4v) is 1.97. The maximum atomic E-state index is 11.2. The molecule has 1 N–H and O–H groups in total. The molecule has 0 aliphatic heterocycles. The number of aromatic carboxylic acids is 1. The summed E-state index contributed by atoms with van der Waals surface area (Å²) in [4.78, 5) is 11.2. The molecular weight excluding hydrogens is 264 g/mol. The lowest BCUT2D eigenvalue weighted by Gasteiger charge is -2.09. The van der Waals surface area contributed by atoms with Crippen LogP contribution >= 0.6 is 0 Å². The molecule has 0 radical (unpaired) electrons. The molecule has 0 heterocycles. The summed E-state index contributed by atoms with van der Waals surface area (Å²) in [6.07, 6.45) is 5.03. The van der Waals surface area contributed by atoms with Crippen LogP contribution in [-0.4, -0.2) is 17.2 Å². The highest BCUT2D eigenvalue weighted by Gasteiger charge is 2.10. The Morgan fingerprint density at radius 3 is 2.52 bits per heavy atom. The molecule has 1 atom stereocenters. The van der Waals surface area contributed by atoms with E-state index < -0.39 is 5.97 Å². The molecule has 0 fully saturated rings. The van der Waals surface area contributed by atoms with Gasteiger partial charge in [-0.1, -0.05) is 48.4 Å². The van der Waals surface area contributed by atoms with Crippen molar-refractivity contribution >= 4 is 5.97 Å². The van der Waals surface area contributed by atoms with Crippen LogP contribution in [0.5, 0.6) is 0 Å². The highest BCUT2D eigenvalue weighted by molar-refractivity contribution is 5.95. The molecule has 2 aromatic carbocycles. The van der Waals surface area contributed by atoms with Gasteiger partial charge in [-0.3, -0.25) is 0 Å². The second-order valence-electron chi connectivity index (χ2n) is 4.67. The highest BCUT2D eigenvalue weighted by Crippen LogP contribution is 2.24. The van der Waals surface area contributed by atoms with Crippen LogP contribution in [0.4, 0.5) is 0 Å². The van der Waals surface area contributed by atoms with Crippen molar-refractivity contribution in [2.75, 3.05) is 0 Å². The maximum Gasteiger partial charge on any atom is 0.336 e. The normalized spacial score (nSPS) is 11.6. The smallest absolute Gasteiger partial charge is 0.336 e. The lowest BCUT2D eigenvalue weighted by atomic mass is 9.99. The zero-order valence-electron chi connectivity index (χ0n) is 11.7. The van der Waals surface area contributed by atoms with Crippen LogP contribution in [-0.2, 0) is 11.3 Å². The van der Waals surface area contributed by atoms with Gasteiger partial charge in [0.2, 0.25) is 0 Å². The Bertz CT molecular complexity index is 666. The Balaban J connectivity index is 2.20. The van der Waals surface area contributed by atoms with E-state index in [1.165, 1.54) is 0 Å². The van der Waals surface area contributed by atoms with E-state index in [1.54, 1.807) is 18.2 Å². The van der Waals surface area contributed by atoms with Gasteiger partial charge in [0, 0.05) is 0 Å². The monoisotopic (exact) mass is 280 g/mol. The SMILES string of the molecule is C#CC(C)OCc1ccc(-c2ccccc2C(=O)O)cc1. The summed E-state index contributed by atoms with van der Waals surface area (Å²) >= 11 is 0. The van der Waals surface area contributed by atoms with Crippen molar-refractivity contribution in [3.05, 3.63) is 59.7 Å². The Hall–Kier alpha value is -2.57. The summed E-state index contributed by atoms with van der Waals surface area (Å²) in [5, 5.41) is 9.22. The molecule has 106 valence electrons. The maximum absolute atomic E-state index is 11.2. The Morgan fingerprint density at radius 1 is 1.24 bits per heavy atom. The quantitative estimate of drug-likeness (QED) is 0.851. The third-order valence-corrected chi connectivity index (χ3v) is 3.16. The predicted octanol–water partition coefficient (Wildman–Crippen LogP) is 3.59. The van der Waals surface area contributed by atoms with E-state index in [4.69, 9.17) is 11.2 Å². The van der Waals surface area contributed by atoms with Gasteiger partial charge in [-0.2, -0.15) is 0 Å². The first-order valence-electron chi connectivity index (χ1n) is 6.61. The molecular formula is C18H16O3. The molecule has 0 bridgehead atoms. The van der Waals surface area contributed by atoms with Gasteiger partial charge in [0.25, 0.3) is 0 Å². The standard InChI is InChI=1S/C18H16O3/c1-3-13(2)21-12-14-8-10-15(11-9-14)16-6-4-5-7-17(16)18(19)20/h1,4-11,13H,12H2,2H3,(H,19,20). The molecule has 3 nitrogen and oxygen atoms in total. The van der Waals surface area contributed by atoms with Crippen LogP contribution < -0.4 is 0 Å². The van der Waals surface area contributed by atoms with E-state index in [2.05, 4.69) is 5.92 Å². The summed E-state index contributed by atoms with van der Waals surface area (Å²) in [6.45, 7) is 2.25. The number of carbonyl (C=O) groups is 1. The fourth-order valence-electron chi connectivity index (χ4n) is 1.97. The number of hydrogen-bond donors (Lipinski definition) is 1. The van der Waals surface area contributed by atoms with Crippen LogP contribution in [0.25, 0.3) is 11.1 Å². The second kappa shape index (κ2) is 6.74.